The number of anilines is 1. The minimum absolute atomic E-state index is 0.0503. The molecule has 0 fully saturated rings. The van der Waals surface area contributed by atoms with Gasteiger partial charge in [-0.05, 0) is 84.7 Å². The zero-order chi connectivity index (χ0) is 26.4. The number of thiophene rings is 1. The second kappa shape index (κ2) is 13.0. The predicted molar refractivity (Wildman–Crippen MR) is 148 cm³/mol. The fourth-order valence-electron chi connectivity index (χ4n) is 4.55. The van der Waals surface area contributed by atoms with Crippen molar-refractivity contribution >= 4 is 56.9 Å². The van der Waals surface area contributed by atoms with Gasteiger partial charge in [0.25, 0.3) is 0 Å². The Morgan fingerprint density at radius 2 is 2.05 bits per heavy atom. The minimum atomic E-state index is -2.40. The second-order valence-corrected chi connectivity index (χ2v) is 11.2. The van der Waals surface area contributed by atoms with E-state index in [0.717, 1.165) is 24.0 Å². The van der Waals surface area contributed by atoms with Gasteiger partial charge in [-0.3, -0.25) is 8.51 Å². The average Bonchev–Trinajstić information content (AvgIpc) is 3.40. The van der Waals surface area contributed by atoms with Gasteiger partial charge < -0.3 is 19.3 Å². The van der Waals surface area contributed by atoms with Gasteiger partial charge >= 0.3 is 6.09 Å². The number of amides is 1. The fourth-order valence-corrected chi connectivity index (χ4v) is 6.28. The molecule has 0 aliphatic heterocycles. The Hall–Kier alpha value is -2.30. The molecular formula is C26H27Cl2N2O5S2-. The normalized spacial score (nSPS) is 17.5. The lowest BCUT2D eigenvalue weighted by Gasteiger charge is -2.34. The van der Waals surface area contributed by atoms with Crippen molar-refractivity contribution in [3.05, 3.63) is 80.6 Å². The Kier molecular flexibility index (Phi) is 9.72. The number of ether oxygens (including phenoxy) is 2. The van der Waals surface area contributed by atoms with Crippen molar-refractivity contribution in [2.75, 3.05) is 24.1 Å². The summed E-state index contributed by atoms with van der Waals surface area (Å²) in [7, 11) is 0. The zero-order valence-electron chi connectivity index (χ0n) is 20.2. The van der Waals surface area contributed by atoms with Crippen LogP contribution in [0, 0.1) is 0 Å². The van der Waals surface area contributed by atoms with E-state index in [1.807, 2.05) is 35.7 Å². The van der Waals surface area contributed by atoms with Gasteiger partial charge in [0.05, 0.1) is 23.2 Å². The molecule has 0 radical (unpaired) electrons. The fraction of sp³-hybridized carbons (Fsp3) is 0.346. The number of nitrogens with zero attached hydrogens (tertiary/aromatic N) is 1. The maximum Gasteiger partial charge on any atom is 0.407 e. The van der Waals surface area contributed by atoms with Crippen molar-refractivity contribution in [3.63, 3.8) is 0 Å². The lowest BCUT2D eigenvalue weighted by molar-refractivity contribution is 0.144. The molecule has 0 spiro atoms. The van der Waals surface area contributed by atoms with Gasteiger partial charge in [0.15, 0.2) is 0 Å². The summed E-state index contributed by atoms with van der Waals surface area (Å²) in [6, 6.07) is 14.9. The van der Waals surface area contributed by atoms with Crippen LogP contribution in [0.15, 0.2) is 53.9 Å². The topological polar surface area (TPSA) is 90.9 Å². The van der Waals surface area contributed by atoms with Crippen LogP contribution < -0.4 is 14.4 Å². The molecule has 1 amide bonds. The van der Waals surface area contributed by atoms with Gasteiger partial charge in [-0.25, -0.2) is 4.79 Å². The van der Waals surface area contributed by atoms with Crippen molar-refractivity contribution in [2.45, 2.75) is 38.1 Å². The number of aryl methyl sites for hydroxylation is 1. The molecule has 1 N–H and O–H groups in total. The van der Waals surface area contributed by atoms with Crippen molar-refractivity contribution in [1.29, 1.82) is 0 Å². The van der Waals surface area contributed by atoms with Crippen LogP contribution in [0.2, 0.25) is 10.0 Å². The number of nitrogens with one attached hydrogen (secondary N) is 1. The SMILES string of the molecule is CCOC(=O)NC1CCc2ccc(OCCN(c3cccs3)S(=O)[O-])cc2C1Cc1ccc(Cl)c(Cl)c1. The number of halogens is 2. The Labute approximate surface area is 233 Å². The van der Waals surface area contributed by atoms with Crippen LogP contribution in [0.25, 0.3) is 0 Å². The van der Waals surface area contributed by atoms with Gasteiger partial charge in [-0.2, -0.15) is 0 Å². The summed E-state index contributed by atoms with van der Waals surface area (Å²) >= 11 is 11.3. The molecule has 3 atom stereocenters. The molecule has 2 aromatic carbocycles. The van der Waals surface area contributed by atoms with Crippen LogP contribution in [0.3, 0.4) is 0 Å². The first-order chi connectivity index (χ1) is 17.9. The van der Waals surface area contributed by atoms with Gasteiger partial charge in [0.1, 0.15) is 17.4 Å². The largest absolute Gasteiger partial charge is 0.755 e. The Morgan fingerprint density at radius 3 is 2.76 bits per heavy atom. The summed E-state index contributed by atoms with van der Waals surface area (Å²) in [5, 5.41) is 6.46. The van der Waals surface area contributed by atoms with Crippen LogP contribution >= 0.6 is 34.5 Å². The van der Waals surface area contributed by atoms with E-state index in [0.29, 0.717) is 33.8 Å². The van der Waals surface area contributed by atoms with Gasteiger partial charge in [-0.15, -0.1) is 11.3 Å². The van der Waals surface area contributed by atoms with E-state index in [1.165, 1.54) is 21.2 Å². The van der Waals surface area contributed by atoms with Crippen LogP contribution in [-0.2, 0) is 28.8 Å². The highest BCUT2D eigenvalue weighted by Crippen LogP contribution is 2.37. The number of alkyl carbamates (subject to hydrolysis) is 1. The summed E-state index contributed by atoms with van der Waals surface area (Å²) < 4.78 is 35.8. The summed E-state index contributed by atoms with van der Waals surface area (Å²) in [6.45, 7) is 2.44. The highest BCUT2D eigenvalue weighted by molar-refractivity contribution is 7.80. The van der Waals surface area contributed by atoms with Crippen molar-refractivity contribution in [3.8, 4) is 5.75 Å². The summed E-state index contributed by atoms with van der Waals surface area (Å²) in [5.41, 5.74) is 3.25. The molecule has 4 rings (SSSR count). The van der Waals surface area contributed by atoms with E-state index < -0.39 is 17.4 Å². The maximum atomic E-state index is 12.3. The lowest BCUT2D eigenvalue weighted by atomic mass is 9.76. The Bertz CT molecular complexity index is 1240. The third-order valence-electron chi connectivity index (χ3n) is 6.24. The zero-order valence-corrected chi connectivity index (χ0v) is 23.3. The monoisotopic (exact) mass is 581 g/mol. The van der Waals surface area contributed by atoms with Crippen LogP contribution in [0.5, 0.6) is 5.75 Å². The standard InChI is InChI=1S/C26H28Cl2N2O5S2/c1-2-34-26(31)29-24-10-7-18-6-8-19(35-12-11-30(37(32)33)25-4-3-13-36-25)16-20(18)21(24)14-17-5-9-22(27)23(28)15-17/h3-6,8-9,13,15-16,21,24H,2,7,10-12,14H2,1H3,(H,29,31)(H,32,33)/p-1. The Balaban J connectivity index is 1.54. The molecule has 0 bridgehead atoms. The highest BCUT2D eigenvalue weighted by Gasteiger charge is 2.32. The first kappa shape index (κ1) is 27.7. The van der Waals surface area contributed by atoms with Crippen molar-refractivity contribution in [1.82, 2.24) is 5.32 Å². The molecule has 0 saturated heterocycles. The second-order valence-electron chi connectivity index (χ2n) is 8.55. The molecule has 1 aromatic heterocycles. The molecular weight excluding hydrogens is 555 g/mol. The van der Waals surface area contributed by atoms with Gasteiger partial charge in [0, 0.05) is 23.2 Å². The van der Waals surface area contributed by atoms with E-state index in [4.69, 9.17) is 32.7 Å². The number of rotatable bonds is 10. The lowest BCUT2D eigenvalue weighted by Crippen LogP contribution is -2.43. The number of fused-ring (bicyclic) bond motifs is 1. The number of carbonyl (C=O) groups excluding carboxylic acids is 1. The molecule has 1 aliphatic rings. The predicted octanol–water partition coefficient (Wildman–Crippen LogP) is 6.12. The third kappa shape index (κ3) is 7.18. The molecule has 11 heteroatoms. The van der Waals surface area contributed by atoms with Crippen LogP contribution in [0.1, 0.15) is 36.0 Å². The maximum absolute atomic E-state index is 12.3. The third-order valence-corrected chi connectivity index (χ3v) is 8.73. The minimum Gasteiger partial charge on any atom is -0.755 e. The molecule has 1 aliphatic carbocycles. The van der Waals surface area contributed by atoms with Gasteiger partial charge in [-0.1, -0.05) is 35.3 Å². The first-order valence-corrected chi connectivity index (χ1v) is 14.6. The first-order valence-electron chi connectivity index (χ1n) is 11.9. The summed E-state index contributed by atoms with van der Waals surface area (Å²) in [4.78, 5) is 12.3. The van der Waals surface area contributed by atoms with Crippen molar-refractivity contribution in [2.24, 2.45) is 0 Å². The number of carbonyl (C=O) groups is 1. The van der Waals surface area contributed by atoms with Gasteiger partial charge in [0.2, 0.25) is 0 Å². The van der Waals surface area contributed by atoms with E-state index in [1.54, 1.807) is 25.1 Å². The van der Waals surface area contributed by atoms with E-state index >= 15 is 0 Å². The Morgan fingerprint density at radius 1 is 1.22 bits per heavy atom. The van der Waals surface area contributed by atoms with E-state index in [9.17, 15) is 13.6 Å². The highest BCUT2D eigenvalue weighted by atomic mass is 35.5. The molecule has 1 heterocycles. The summed E-state index contributed by atoms with van der Waals surface area (Å²) in [5.74, 6) is 0.586. The molecule has 0 saturated carbocycles. The van der Waals surface area contributed by atoms with E-state index in [-0.39, 0.29) is 25.1 Å². The molecule has 3 unspecified atom stereocenters. The smallest absolute Gasteiger partial charge is 0.407 e. The quantitative estimate of drug-likeness (QED) is 0.291. The molecule has 198 valence electrons. The van der Waals surface area contributed by atoms with Crippen LogP contribution in [-0.4, -0.2) is 40.7 Å². The summed E-state index contributed by atoms with van der Waals surface area (Å²) in [6.07, 6.45) is 1.75. The number of hydrogen-bond donors (Lipinski definition) is 1. The van der Waals surface area contributed by atoms with E-state index in [2.05, 4.69) is 5.32 Å². The molecule has 37 heavy (non-hydrogen) atoms. The molecule has 7 nitrogen and oxygen atoms in total. The molecule has 3 aromatic rings. The van der Waals surface area contributed by atoms with Crippen molar-refractivity contribution < 1.29 is 23.0 Å². The number of hydrogen-bond acceptors (Lipinski definition) is 6. The van der Waals surface area contributed by atoms with Crippen LogP contribution in [0.4, 0.5) is 9.80 Å². The average molecular weight is 583 g/mol. The number of benzene rings is 2.